The van der Waals surface area contributed by atoms with Crippen molar-refractivity contribution < 1.29 is 9.59 Å². The Labute approximate surface area is 145 Å². The summed E-state index contributed by atoms with van der Waals surface area (Å²) < 4.78 is 0. The van der Waals surface area contributed by atoms with Gasteiger partial charge in [-0.3, -0.25) is 14.5 Å². The van der Waals surface area contributed by atoms with Crippen LogP contribution in [0, 0.1) is 12.8 Å². The summed E-state index contributed by atoms with van der Waals surface area (Å²) in [5.41, 5.74) is 1.62. The number of hydrogen-bond acceptors (Lipinski definition) is 3. The zero-order chi connectivity index (χ0) is 17.5. The Morgan fingerprint density at radius 2 is 1.79 bits per heavy atom. The van der Waals surface area contributed by atoms with Gasteiger partial charge in [-0.25, -0.2) is 0 Å². The molecule has 0 spiro atoms. The average molecular weight is 331 g/mol. The molecule has 5 heteroatoms. The molecule has 0 aromatic heterocycles. The van der Waals surface area contributed by atoms with Gasteiger partial charge in [0.15, 0.2) is 0 Å². The van der Waals surface area contributed by atoms with E-state index < -0.39 is 0 Å². The number of aryl methyl sites for hydroxylation is 1. The van der Waals surface area contributed by atoms with E-state index in [9.17, 15) is 9.59 Å². The van der Waals surface area contributed by atoms with Crippen LogP contribution >= 0.6 is 0 Å². The summed E-state index contributed by atoms with van der Waals surface area (Å²) in [4.78, 5) is 28.7. The number of carbonyl (C=O) groups is 2. The van der Waals surface area contributed by atoms with Gasteiger partial charge in [0, 0.05) is 51.3 Å². The first-order valence-corrected chi connectivity index (χ1v) is 8.81. The van der Waals surface area contributed by atoms with Crippen LogP contribution in [-0.4, -0.2) is 60.9 Å². The van der Waals surface area contributed by atoms with Gasteiger partial charge in [-0.2, -0.15) is 0 Å². The van der Waals surface area contributed by atoms with Crippen molar-refractivity contribution >= 4 is 11.8 Å². The number of nitrogens with zero attached hydrogens (tertiary/aromatic N) is 2. The van der Waals surface area contributed by atoms with Crippen LogP contribution in [0.4, 0.5) is 0 Å². The molecule has 1 saturated heterocycles. The Bertz CT molecular complexity index is 563. The fraction of sp³-hybridized carbons (Fsp3) is 0.579. The first-order chi connectivity index (χ1) is 11.5. The van der Waals surface area contributed by atoms with Gasteiger partial charge < -0.3 is 10.2 Å². The van der Waals surface area contributed by atoms with Crippen molar-refractivity contribution in [3.05, 3.63) is 35.4 Å². The molecule has 1 aromatic rings. The fourth-order valence-corrected chi connectivity index (χ4v) is 3.06. The molecule has 1 aromatic carbocycles. The maximum atomic E-state index is 12.3. The smallest absolute Gasteiger partial charge is 0.251 e. The number of piperazine rings is 1. The quantitative estimate of drug-likeness (QED) is 0.866. The predicted octanol–water partition coefficient (Wildman–Crippen LogP) is 1.92. The van der Waals surface area contributed by atoms with Crippen molar-refractivity contribution in [1.29, 1.82) is 0 Å². The molecule has 0 atom stereocenters. The van der Waals surface area contributed by atoms with E-state index in [1.54, 1.807) is 6.07 Å². The van der Waals surface area contributed by atoms with Crippen LogP contribution in [0.1, 0.15) is 36.2 Å². The van der Waals surface area contributed by atoms with Crippen LogP contribution in [0.25, 0.3) is 0 Å². The number of carbonyl (C=O) groups excluding carboxylic acids is 2. The molecule has 2 rings (SSSR count). The Morgan fingerprint density at radius 1 is 1.12 bits per heavy atom. The minimum absolute atomic E-state index is 0.109. The Kier molecular flexibility index (Phi) is 6.79. The van der Waals surface area contributed by atoms with Crippen LogP contribution in [0.3, 0.4) is 0 Å². The highest BCUT2D eigenvalue weighted by molar-refractivity contribution is 5.95. The molecule has 1 aliphatic rings. The lowest BCUT2D eigenvalue weighted by Crippen LogP contribution is -2.49. The lowest BCUT2D eigenvalue weighted by atomic mass is 10.1. The second-order valence-electron chi connectivity index (χ2n) is 6.90. The zero-order valence-electron chi connectivity index (χ0n) is 15.0. The average Bonchev–Trinajstić information content (AvgIpc) is 2.55. The molecule has 1 N–H and O–H groups in total. The van der Waals surface area contributed by atoms with Gasteiger partial charge in [-0.15, -0.1) is 0 Å². The van der Waals surface area contributed by atoms with Gasteiger partial charge >= 0.3 is 0 Å². The van der Waals surface area contributed by atoms with Crippen molar-refractivity contribution in [2.24, 2.45) is 5.92 Å². The van der Waals surface area contributed by atoms with Gasteiger partial charge in [-0.1, -0.05) is 32.0 Å². The standard InChI is InChI=1S/C19H29N3O2/c1-15(2)14-21-10-12-22(13-11-21)18(23)8-9-20-19(24)17-7-5-4-6-16(17)3/h4-7,15H,8-14H2,1-3H3,(H,20,24). The summed E-state index contributed by atoms with van der Waals surface area (Å²) in [7, 11) is 0. The number of benzene rings is 1. The molecule has 0 unspecified atom stereocenters. The molecule has 1 fully saturated rings. The summed E-state index contributed by atoms with van der Waals surface area (Å²) >= 11 is 0. The molecule has 24 heavy (non-hydrogen) atoms. The summed E-state index contributed by atoms with van der Waals surface area (Å²) in [5, 5.41) is 2.85. The largest absolute Gasteiger partial charge is 0.352 e. The molecule has 2 amide bonds. The van der Waals surface area contributed by atoms with Crippen molar-refractivity contribution in [3.63, 3.8) is 0 Å². The highest BCUT2D eigenvalue weighted by atomic mass is 16.2. The summed E-state index contributed by atoms with van der Waals surface area (Å²) in [6, 6.07) is 7.48. The number of nitrogens with one attached hydrogen (secondary N) is 1. The first kappa shape index (κ1) is 18.5. The molecule has 0 saturated carbocycles. The Hall–Kier alpha value is -1.88. The van der Waals surface area contributed by atoms with E-state index in [4.69, 9.17) is 0 Å². The molecule has 0 aliphatic carbocycles. The van der Waals surface area contributed by atoms with Crippen molar-refractivity contribution in [1.82, 2.24) is 15.1 Å². The lowest BCUT2D eigenvalue weighted by Gasteiger charge is -2.35. The van der Waals surface area contributed by atoms with E-state index in [0.29, 0.717) is 24.4 Å². The van der Waals surface area contributed by atoms with Crippen LogP contribution in [-0.2, 0) is 4.79 Å². The summed E-state index contributed by atoms with van der Waals surface area (Å²) in [5.74, 6) is 0.677. The van der Waals surface area contributed by atoms with Gasteiger partial charge in [0.2, 0.25) is 5.91 Å². The van der Waals surface area contributed by atoms with Gasteiger partial charge in [-0.05, 0) is 24.5 Å². The summed E-state index contributed by atoms with van der Waals surface area (Å²) in [6.45, 7) is 11.3. The van der Waals surface area contributed by atoms with Crippen molar-refractivity contribution in [2.75, 3.05) is 39.3 Å². The lowest BCUT2D eigenvalue weighted by molar-refractivity contribution is -0.132. The Balaban J connectivity index is 1.70. The molecule has 1 aliphatic heterocycles. The minimum Gasteiger partial charge on any atom is -0.352 e. The molecule has 5 nitrogen and oxygen atoms in total. The SMILES string of the molecule is Cc1ccccc1C(=O)NCCC(=O)N1CCN(CC(C)C)CC1. The predicted molar refractivity (Wildman–Crippen MR) is 96.0 cm³/mol. The maximum absolute atomic E-state index is 12.3. The highest BCUT2D eigenvalue weighted by Crippen LogP contribution is 2.08. The minimum atomic E-state index is -0.109. The van der Waals surface area contributed by atoms with E-state index in [-0.39, 0.29) is 11.8 Å². The molecule has 132 valence electrons. The second kappa shape index (κ2) is 8.83. The third-order valence-corrected chi connectivity index (χ3v) is 4.36. The second-order valence-corrected chi connectivity index (χ2v) is 6.90. The zero-order valence-corrected chi connectivity index (χ0v) is 15.0. The van der Waals surface area contributed by atoms with Crippen LogP contribution in [0.2, 0.25) is 0 Å². The third-order valence-electron chi connectivity index (χ3n) is 4.36. The number of rotatable bonds is 6. The van der Waals surface area contributed by atoms with Gasteiger partial charge in [0.05, 0.1) is 0 Å². The number of amides is 2. The fourth-order valence-electron chi connectivity index (χ4n) is 3.06. The number of hydrogen-bond donors (Lipinski definition) is 1. The van der Waals surface area contributed by atoms with E-state index in [2.05, 4.69) is 24.1 Å². The molecule has 1 heterocycles. The normalized spacial score (nSPS) is 15.6. The highest BCUT2D eigenvalue weighted by Gasteiger charge is 2.21. The van der Waals surface area contributed by atoms with E-state index >= 15 is 0 Å². The van der Waals surface area contributed by atoms with Gasteiger partial charge in [0.25, 0.3) is 5.91 Å². The van der Waals surface area contributed by atoms with Crippen LogP contribution in [0.15, 0.2) is 24.3 Å². The molecule has 0 bridgehead atoms. The Morgan fingerprint density at radius 3 is 2.42 bits per heavy atom. The topological polar surface area (TPSA) is 52.7 Å². The van der Waals surface area contributed by atoms with Gasteiger partial charge in [0.1, 0.15) is 0 Å². The maximum Gasteiger partial charge on any atom is 0.251 e. The van der Waals surface area contributed by atoms with Crippen molar-refractivity contribution in [2.45, 2.75) is 27.2 Å². The first-order valence-electron chi connectivity index (χ1n) is 8.81. The molecule has 0 radical (unpaired) electrons. The monoisotopic (exact) mass is 331 g/mol. The van der Waals surface area contributed by atoms with Crippen LogP contribution in [0.5, 0.6) is 0 Å². The van der Waals surface area contributed by atoms with E-state index in [0.717, 1.165) is 38.3 Å². The van der Waals surface area contributed by atoms with E-state index in [1.165, 1.54) is 0 Å². The molecular formula is C19H29N3O2. The van der Waals surface area contributed by atoms with Crippen molar-refractivity contribution in [3.8, 4) is 0 Å². The summed E-state index contributed by atoms with van der Waals surface area (Å²) in [6.07, 6.45) is 0.363. The van der Waals surface area contributed by atoms with Crippen LogP contribution < -0.4 is 5.32 Å². The van der Waals surface area contributed by atoms with E-state index in [1.807, 2.05) is 30.0 Å². The molecular weight excluding hydrogens is 302 g/mol. The third kappa shape index (κ3) is 5.34.